The molecule has 3 aromatic rings. The lowest BCUT2D eigenvalue weighted by atomic mass is 10.1. The molecule has 2 aromatic heterocycles. The van der Waals surface area contributed by atoms with Gasteiger partial charge in [0.05, 0.1) is 10.7 Å². The van der Waals surface area contributed by atoms with Crippen molar-refractivity contribution in [2.24, 2.45) is 0 Å². The highest BCUT2D eigenvalue weighted by atomic mass is 35.5. The zero-order chi connectivity index (χ0) is 20.4. The van der Waals surface area contributed by atoms with E-state index in [2.05, 4.69) is 15.2 Å². The van der Waals surface area contributed by atoms with Crippen LogP contribution in [-0.4, -0.2) is 19.7 Å². The highest BCUT2D eigenvalue weighted by Crippen LogP contribution is 2.37. The van der Waals surface area contributed by atoms with Crippen LogP contribution in [0.4, 0.5) is 5.82 Å². The molecule has 0 spiro atoms. The van der Waals surface area contributed by atoms with Gasteiger partial charge >= 0.3 is 5.69 Å². The van der Waals surface area contributed by atoms with E-state index in [1.165, 1.54) is 22.9 Å². The Morgan fingerprint density at radius 2 is 2.04 bits per heavy atom. The third-order valence-electron chi connectivity index (χ3n) is 4.20. The fraction of sp³-hybridized carbons (Fsp3) is 0.263. The number of benzene rings is 1. The van der Waals surface area contributed by atoms with Crippen molar-refractivity contribution < 1.29 is 4.74 Å². The van der Waals surface area contributed by atoms with Crippen LogP contribution in [0, 0.1) is 0 Å². The number of nitrogens with two attached hydrogens (primary N) is 1. The molecular weight excluding hydrogens is 382 g/mol. The smallest absolute Gasteiger partial charge is 0.354 e. The van der Waals surface area contributed by atoms with Crippen molar-refractivity contribution in [3.63, 3.8) is 0 Å². The van der Waals surface area contributed by atoms with Gasteiger partial charge in [-0.2, -0.15) is 4.98 Å². The summed E-state index contributed by atoms with van der Waals surface area (Å²) in [6, 6.07) is 6.49. The topological polar surface area (TPSA) is 116 Å². The fourth-order valence-electron chi connectivity index (χ4n) is 2.71. The van der Waals surface area contributed by atoms with Gasteiger partial charge in [-0.05, 0) is 36.1 Å². The van der Waals surface area contributed by atoms with Crippen molar-refractivity contribution in [2.45, 2.75) is 33.1 Å². The van der Waals surface area contributed by atoms with Gasteiger partial charge in [0, 0.05) is 17.8 Å². The van der Waals surface area contributed by atoms with Crippen LogP contribution in [0.3, 0.4) is 0 Å². The first-order valence-corrected chi connectivity index (χ1v) is 9.13. The summed E-state index contributed by atoms with van der Waals surface area (Å²) in [6.07, 6.45) is 2.21. The van der Waals surface area contributed by atoms with Crippen molar-refractivity contribution >= 4 is 17.4 Å². The van der Waals surface area contributed by atoms with E-state index in [-0.39, 0.29) is 28.9 Å². The Labute approximate surface area is 166 Å². The number of halogens is 1. The standard InChI is InChI=1S/C19H20ClN5O3/c1-4-11-7-13(20)17(14(8-11)25-6-5-15(21)22-19(25)27)28-18-12(10(2)3)9-16(26)23-24-18/h5-10H,4H2,1-3H3,(H,23,26)(H2,21,22,27). The van der Waals surface area contributed by atoms with Gasteiger partial charge in [0.2, 0.25) is 5.88 Å². The van der Waals surface area contributed by atoms with Crippen molar-refractivity contribution in [1.82, 2.24) is 19.7 Å². The lowest BCUT2D eigenvalue weighted by Crippen LogP contribution is -2.22. The summed E-state index contributed by atoms with van der Waals surface area (Å²) in [5, 5.41) is 6.68. The number of nitrogen functional groups attached to an aromatic ring is 1. The predicted molar refractivity (Wildman–Crippen MR) is 108 cm³/mol. The number of hydrogen-bond acceptors (Lipinski definition) is 6. The number of H-pyrrole nitrogens is 1. The minimum atomic E-state index is -0.562. The van der Waals surface area contributed by atoms with Crippen LogP contribution in [0.15, 0.2) is 40.1 Å². The molecule has 0 aliphatic heterocycles. The van der Waals surface area contributed by atoms with E-state index < -0.39 is 5.69 Å². The van der Waals surface area contributed by atoms with E-state index in [1.54, 1.807) is 12.1 Å². The van der Waals surface area contributed by atoms with Gasteiger partial charge in [-0.25, -0.2) is 9.89 Å². The van der Waals surface area contributed by atoms with E-state index in [1.807, 2.05) is 20.8 Å². The second-order valence-electron chi connectivity index (χ2n) is 6.53. The molecule has 3 N–H and O–H groups in total. The Morgan fingerprint density at radius 3 is 2.68 bits per heavy atom. The Kier molecular flexibility index (Phi) is 5.51. The highest BCUT2D eigenvalue weighted by Gasteiger charge is 2.19. The quantitative estimate of drug-likeness (QED) is 0.678. The average molecular weight is 402 g/mol. The van der Waals surface area contributed by atoms with E-state index in [0.717, 1.165) is 5.56 Å². The maximum Gasteiger partial charge on any atom is 0.354 e. The molecule has 0 amide bonds. The second kappa shape index (κ2) is 7.85. The maximum atomic E-state index is 12.4. The number of aromatic nitrogens is 4. The lowest BCUT2D eigenvalue weighted by molar-refractivity contribution is 0.441. The van der Waals surface area contributed by atoms with Gasteiger partial charge in [-0.15, -0.1) is 5.10 Å². The normalized spacial score (nSPS) is 11.0. The third-order valence-corrected chi connectivity index (χ3v) is 4.48. The van der Waals surface area contributed by atoms with Gasteiger partial charge in [-0.1, -0.05) is 32.4 Å². The number of hydrogen-bond donors (Lipinski definition) is 2. The fourth-order valence-corrected chi connectivity index (χ4v) is 2.99. The molecule has 3 rings (SSSR count). The monoisotopic (exact) mass is 401 g/mol. The van der Waals surface area contributed by atoms with Gasteiger partial charge in [-0.3, -0.25) is 9.36 Å². The minimum Gasteiger partial charge on any atom is -0.434 e. The van der Waals surface area contributed by atoms with Crippen molar-refractivity contribution in [3.05, 3.63) is 67.4 Å². The molecule has 28 heavy (non-hydrogen) atoms. The molecule has 0 bridgehead atoms. The molecule has 0 atom stereocenters. The molecule has 9 heteroatoms. The molecule has 1 aromatic carbocycles. The molecule has 0 unspecified atom stereocenters. The number of aryl methyl sites for hydroxylation is 1. The van der Waals surface area contributed by atoms with Gasteiger partial charge in [0.1, 0.15) is 5.82 Å². The predicted octanol–water partition coefficient (Wildman–Crippen LogP) is 3.03. The number of anilines is 1. The zero-order valence-corrected chi connectivity index (χ0v) is 16.4. The van der Waals surface area contributed by atoms with Crippen LogP contribution < -0.4 is 21.7 Å². The van der Waals surface area contributed by atoms with Crippen LogP contribution in [0.2, 0.25) is 5.02 Å². The number of ether oxygens (including phenoxy) is 1. The van der Waals surface area contributed by atoms with Crippen LogP contribution in [-0.2, 0) is 6.42 Å². The second-order valence-corrected chi connectivity index (χ2v) is 6.94. The van der Waals surface area contributed by atoms with E-state index >= 15 is 0 Å². The third kappa shape index (κ3) is 3.91. The molecule has 0 radical (unpaired) electrons. The summed E-state index contributed by atoms with van der Waals surface area (Å²) in [4.78, 5) is 27.8. The number of nitrogens with zero attached hydrogens (tertiary/aromatic N) is 3. The summed E-state index contributed by atoms with van der Waals surface area (Å²) in [7, 11) is 0. The highest BCUT2D eigenvalue weighted by molar-refractivity contribution is 6.32. The largest absolute Gasteiger partial charge is 0.434 e. The number of rotatable bonds is 5. The summed E-state index contributed by atoms with van der Waals surface area (Å²) >= 11 is 6.47. The summed E-state index contributed by atoms with van der Waals surface area (Å²) in [6.45, 7) is 5.81. The van der Waals surface area contributed by atoms with E-state index in [4.69, 9.17) is 22.1 Å². The average Bonchev–Trinajstić information content (AvgIpc) is 2.64. The first kappa shape index (κ1) is 19.6. The van der Waals surface area contributed by atoms with Crippen molar-refractivity contribution in [3.8, 4) is 17.3 Å². The zero-order valence-electron chi connectivity index (χ0n) is 15.7. The lowest BCUT2D eigenvalue weighted by Gasteiger charge is -2.17. The van der Waals surface area contributed by atoms with Crippen LogP contribution in [0.25, 0.3) is 5.69 Å². The number of nitrogens with one attached hydrogen (secondary N) is 1. The van der Waals surface area contributed by atoms with Gasteiger partial charge < -0.3 is 10.5 Å². The maximum absolute atomic E-state index is 12.4. The molecule has 0 saturated carbocycles. The SMILES string of the molecule is CCc1cc(Cl)c(Oc2n[nH]c(=O)cc2C(C)C)c(-n2ccc(N)nc2=O)c1. The minimum absolute atomic E-state index is 0.0112. The molecule has 0 saturated heterocycles. The first-order chi connectivity index (χ1) is 13.3. The molecule has 8 nitrogen and oxygen atoms in total. The molecule has 0 fully saturated rings. The van der Waals surface area contributed by atoms with Crippen molar-refractivity contribution in [2.75, 3.05) is 5.73 Å². The van der Waals surface area contributed by atoms with E-state index in [9.17, 15) is 9.59 Å². The van der Waals surface area contributed by atoms with Gasteiger partial charge in [0.15, 0.2) is 5.75 Å². The van der Waals surface area contributed by atoms with Crippen LogP contribution in [0.5, 0.6) is 11.6 Å². The Balaban J connectivity index is 2.22. The van der Waals surface area contributed by atoms with E-state index in [0.29, 0.717) is 22.7 Å². The first-order valence-electron chi connectivity index (χ1n) is 8.75. The molecular formula is C19H20ClN5O3. The Bertz CT molecular complexity index is 1140. The van der Waals surface area contributed by atoms with Crippen LogP contribution >= 0.6 is 11.6 Å². The summed E-state index contributed by atoms with van der Waals surface area (Å²) < 4.78 is 7.30. The van der Waals surface area contributed by atoms with Crippen LogP contribution in [0.1, 0.15) is 37.8 Å². The Morgan fingerprint density at radius 1 is 1.29 bits per heavy atom. The molecule has 0 aliphatic rings. The molecule has 0 aliphatic carbocycles. The van der Waals surface area contributed by atoms with Crippen molar-refractivity contribution in [1.29, 1.82) is 0 Å². The molecule has 2 heterocycles. The number of aromatic amines is 1. The summed E-state index contributed by atoms with van der Waals surface area (Å²) in [5.41, 5.74) is 6.64. The summed E-state index contributed by atoms with van der Waals surface area (Å²) in [5.74, 6) is 0.543. The Hall–Kier alpha value is -3.13. The van der Waals surface area contributed by atoms with Gasteiger partial charge in [0.25, 0.3) is 5.56 Å². The molecule has 146 valence electrons.